The Morgan fingerprint density at radius 2 is 1.70 bits per heavy atom. The van der Waals surface area contributed by atoms with E-state index in [1.165, 1.54) is 6.92 Å². The van der Waals surface area contributed by atoms with Gasteiger partial charge in [0.15, 0.2) is 5.70 Å². The average molecular weight is 309 g/mol. The summed E-state index contributed by atoms with van der Waals surface area (Å²) in [5, 5.41) is 20.3. The number of amides is 1. The second-order valence-electron chi connectivity index (χ2n) is 5.24. The van der Waals surface area contributed by atoms with Gasteiger partial charge in [0, 0.05) is 5.69 Å². The number of benzene rings is 2. The van der Waals surface area contributed by atoms with Gasteiger partial charge in [0.05, 0.1) is 5.69 Å². The van der Waals surface area contributed by atoms with Crippen LogP contribution >= 0.6 is 0 Å². The summed E-state index contributed by atoms with van der Waals surface area (Å²) in [5.41, 5.74) is 3.19. The number of nitrogens with one attached hydrogen (secondary N) is 1. The molecule has 0 saturated carbocycles. The smallest absolute Gasteiger partial charge is 0.279 e. The molecule has 23 heavy (non-hydrogen) atoms. The highest BCUT2D eigenvalue weighted by molar-refractivity contribution is 6.04. The minimum Gasteiger partial charge on any atom is -0.510 e. The first-order valence-corrected chi connectivity index (χ1v) is 7.22. The maximum absolute atomic E-state index is 12.3. The van der Waals surface area contributed by atoms with Gasteiger partial charge in [-0.3, -0.25) is 4.79 Å². The molecule has 2 N–H and O–H groups in total. The van der Waals surface area contributed by atoms with E-state index in [-0.39, 0.29) is 11.5 Å². The third-order valence-electron chi connectivity index (χ3n) is 3.25. The van der Waals surface area contributed by atoms with Crippen molar-refractivity contribution in [2.45, 2.75) is 20.8 Å². The zero-order chi connectivity index (χ0) is 16.8. The molecule has 2 aromatic rings. The fraction of sp³-hybridized carbons (Fsp3) is 0.167. The van der Waals surface area contributed by atoms with Crippen LogP contribution < -0.4 is 5.32 Å². The number of hydrogen-bond acceptors (Lipinski definition) is 4. The number of carbonyl (C=O) groups is 1. The fourth-order valence-electron chi connectivity index (χ4n) is 1.90. The molecule has 0 heterocycles. The molecule has 0 saturated heterocycles. The van der Waals surface area contributed by atoms with Gasteiger partial charge in [0.2, 0.25) is 0 Å². The van der Waals surface area contributed by atoms with Crippen LogP contribution in [-0.4, -0.2) is 11.0 Å². The standard InChI is InChI=1S/C18H19N3O2/c1-12-8-10-15(11-9-12)20-21-17(14(3)22)18(23)19-16-7-5-4-6-13(16)2/h4-11,22H,1-3H3,(H,19,23). The third kappa shape index (κ3) is 4.51. The van der Waals surface area contributed by atoms with Crippen LogP contribution in [0.1, 0.15) is 18.1 Å². The maximum Gasteiger partial charge on any atom is 0.279 e. The number of anilines is 1. The predicted octanol–water partition coefficient (Wildman–Crippen LogP) is 4.82. The normalized spacial score (nSPS) is 12.1. The summed E-state index contributed by atoms with van der Waals surface area (Å²) in [7, 11) is 0. The van der Waals surface area contributed by atoms with Gasteiger partial charge in [-0.1, -0.05) is 35.9 Å². The van der Waals surface area contributed by atoms with Crippen LogP contribution in [0.2, 0.25) is 0 Å². The van der Waals surface area contributed by atoms with Gasteiger partial charge in [0.1, 0.15) is 5.76 Å². The van der Waals surface area contributed by atoms with Crippen molar-refractivity contribution in [2.75, 3.05) is 5.32 Å². The lowest BCUT2D eigenvalue weighted by molar-refractivity contribution is -0.113. The maximum atomic E-state index is 12.3. The monoisotopic (exact) mass is 309 g/mol. The number of para-hydroxylation sites is 1. The summed E-state index contributed by atoms with van der Waals surface area (Å²) in [6, 6.07) is 14.8. The molecule has 0 aliphatic carbocycles. The Kier molecular flexibility index (Phi) is 5.25. The summed E-state index contributed by atoms with van der Waals surface area (Å²) < 4.78 is 0. The van der Waals surface area contributed by atoms with E-state index in [0.29, 0.717) is 11.4 Å². The molecule has 118 valence electrons. The lowest BCUT2D eigenvalue weighted by Crippen LogP contribution is -2.15. The van der Waals surface area contributed by atoms with Crippen LogP contribution in [0.5, 0.6) is 0 Å². The number of carbonyl (C=O) groups excluding carboxylic acids is 1. The van der Waals surface area contributed by atoms with E-state index in [9.17, 15) is 9.90 Å². The van der Waals surface area contributed by atoms with E-state index in [0.717, 1.165) is 11.1 Å². The lowest BCUT2D eigenvalue weighted by atomic mass is 10.2. The van der Waals surface area contributed by atoms with Crippen LogP contribution in [0.25, 0.3) is 0 Å². The van der Waals surface area contributed by atoms with Gasteiger partial charge in [-0.2, -0.15) is 5.11 Å². The highest BCUT2D eigenvalue weighted by atomic mass is 16.3. The Bertz CT molecular complexity index is 758. The Labute approximate surface area is 135 Å². The van der Waals surface area contributed by atoms with Gasteiger partial charge >= 0.3 is 0 Å². The lowest BCUT2D eigenvalue weighted by Gasteiger charge is -2.08. The topological polar surface area (TPSA) is 74.0 Å². The van der Waals surface area contributed by atoms with Gasteiger partial charge < -0.3 is 10.4 Å². The first-order valence-electron chi connectivity index (χ1n) is 7.22. The zero-order valence-electron chi connectivity index (χ0n) is 13.4. The van der Waals surface area contributed by atoms with Gasteiger partial charge in [-0.25, -0.2) is 0 Å². The highest BCUT2D eigenvalue weighted by Crippen LogP contribution is 2.18. The molecule has 2 aromatic carbocycles. The zero-order valence-corrected chi connectivity index (χ0v) is 13.4. The Balaban J connectivity index is 2.19. The van der Waals surface area contributed by atoms with E-state index in [1.54, 1.807) is 18.2 Å². The van der Waals surface area contributed by atoms with E-state index in [2.05, 4.69) is 15.5 Å². The molecule has 1 amide bonds. The first-order chi connectivity index (χ1) is 11.0. The summed E-state index contributed by atoms with van der Waals surface area (Å²) in [4.78, 5) is 12.3. The molecular weight excluding hydrogens is 290 g/mol. The van der Waals surface area contributed by atoms with Crippen LogP contribution in [0.15, 0.2) is 70.2 Å². The third-order valence-corrected chi connectivity index (χ3v) is 3.25. The Hall–Kier alpha value is -2.95. The van der Waals surface area contributed by atoms with Gasteiger partial charge in [-0.05, 0) is 44.5 Å². The van der Waals surface area contributed by atoms with Crippen LogP contribution in [-0.2, 0) is 4.79 Å². The number of allylic oxidation sites excluding steroid dienone is 1. The minimum absolute atomic E-state index is 0.117. The molecule has 0 aromatic heterocycles. The number of azo groups is 1. The summed E-state index contributed by atoms with van der Waals surface area (Å²) in [5.74, 6) is -0.692. The van der Waals surface area contributed by atoms with Crippen molar-refractivity contribution in [1.82, 2.24) is 0 Å². The van der Waals surface area contributed by atoms with E-state index >= 15 is 0 Å². The van der Waals surface area contributed by atoms with Gasteiger partial charge in [-0.15, -0.1) is 5.11 Å². The molecule has 0 atom stereocenters. The number of aliphatic hydroxyl groups is 1. The van der Waals surface area contributed by atoms with Crippen molar-refractivity contribution < 1.29 is 9.90 Å². The quantitative estimate of drug-likeness (QED) is 0.483. The molecular formula is C18H19N3O2. The summed E-state index contributed by atoms with van der Waals surface area (Å²) in [6.07, 6.45) is 0. The molecule has 0 radical (unpaired) electrons. The molecule has 0 fully saturated rings. The minimum atomic E-state index is -0.504. The molecule has 0 aliphatic rings. The van der Waals surface area contributed by atoms with Crippen LogP contribution in [0, 0.1) is 13.8 Å². The second kappa shape index (κ2) is 7.35. The van der Waals surface area contributed by atoms with Crippen molar-refractivity contribution in [3.63, 3.8) is 0 Å². The largest absolute Gasteiger partial charge is 0.510 e. The van der Waals surface area contributed by atoms with Crippen LogP contribution in [0.4, 0.5) is 11.4 Å². The van der Waals surface area contributed by atoms with Crippen molar-refractivity contribution >= 4 is 17.3 Å². The Morgan fingerprint density at radius 1 is 1.04 bits per heavy atom. The highest BCUT2D eigenvalue weighted by Gasteiger charge is 2.14. The van der Waals surface area contributed by atoms with Crippen LogP contribution in [0.3, 0.4) is 0 Å². The average Bonchev–Trinajstić information content (AvgIpc) is 2.51. The second-order valence-corrected chi connectivity index (χ2v) is 5.24. The van der Waals surface area contributed by atoms with E-state index in [4.69, 9.17) is 0 Å². The number of nitrogens with zero attached hydrogens (tertiary/aromatic N) is 2. The molecule has 0 bridgehead atoms. The summed E-state index contributed by atoms with van der Waals surface area (Å²) in [6.45, 7) is 5.26. The molecule has 5 heteroatoms. The van der Waals surface area contributed by atoms with Crippen molar-refractivity contribution in [1.29, 1.82) is 0 Å². The molecule has 2 rings (SSSR count). The number of rotatable bonds is 4. The number of aliphatic hydroxyl groups excluding tert-OH is 1. The predicted molar refractivity (Wildman–Crippen MR) is 90.8 cm³/mol. The number of aryl methyl sites for hydroxylation is 2. The van der Waals surface area contributed by atoms with Gasteiger partial charge in [0.25, 0.3) is 5.91 Å². The van der Waals surface area contributed by atoms with Crippen molar-refractivity contribution in [3.8, 4) is 0 Å². The first kappa shape index (κ1) is 16.4. The molecule has 0 spiro atoms. The van der Waals surface area contributed by atoms with E-state index < -0.39 is 5.91 Å². The van der Waals surface area contributed by atoms with Crippen molar-refractivity contribution in [2.24, 2.45) is 10.2 Å². The Morgan fingerprint density at radius 3 is 2.30 bits per heavy atom. The van der Waals surface area contributed by atoms with E-state index in [1.807, 2.05) is 44.2 Å². The molecule has 0 unspecified atom stereocenters. The fourth-order valence-corrected chi connectivity index (χ4v) is 1.90. The SMILES string of the molecule is CC(O)=C(N=Nc1ccc(C)cc1)C(=O)Nc1ccccc1C. The molecule has 5 nitrogen and oxygen atoms in total. The molecule has 0 aliphatic heterocycles. The number of hydrogen-bond donors (Lipinski definition) is 2. The summed E-state index contributed by atoms with van der Waals surface area (Å²) >= 11 is 0. The van der Waals surface area contributed by atoms with Crippen molar-refractivity contribution in [3.05, 3.63) is 71.1 Å².